The summed E-state index contributed by atoms with van der Waals surface area (Å²) in [4.78, 5) is 22.2. The van der Waals surface area contributed by atoms with Gasteiger partial charge in [0.15, 0.2) is 6.04 Å². The Bertz CT molecular complexity index is 406. The molecule has 92 valence electrons. The maximum absolute atomic E-state index is 11.5. The largest absolute Gasteiger partial charge is 0.480 e. The lowest BCUT2D eigenvalue weighted by atomic mass is 10.2. The fraction of sp³-hybridized carbons (Fsp3) is 0.273. The molecule has 17 heavy (non-hydrogen) atoms. The van der Waals surface area contributed by atoms with Gasteiger partial charge in [0.1, 0.15) is 0 Å². The van der Waals surface area contributed by atoms with Gasteiger partial charge in [-0.2, -0.15) is 0 Å². The van der Waals surface area contributed by atoms with E-state index in [1.54, 1.807) is 0 Å². The molecule has 1 atom stereocenters. The second-order valence-electron chi connectivity index (χ2n) is 3.40. The number of carbonyl (C=O) groups is 2. The summed E-state index contributed by atoms with van der Waals surface area (Å²) < 4.78 is 0.950. The molecule has 0 radical (unpaired) electrons. The molecule has 0 aliphatic heterocycles. The van der Waals surface area contributed by atoms with Crippen LogP contribution >= 0.6 is 15.9 Å². The Morgan fingerprint density at radius 2 is 1.94 bits per heavy atom. The van der Waals surface area contributed by atoms with Crippen LogP contribution in [0.2, 0.25) is 0 Å². The number of carboxylic acid groups (broad SMARTS) is 1. The predicted molar refractivity (Wildman–Crippen MR) is 66.5 cm³/mol. The number of halogens is 1. The molecule has 0 heterocycles. The molecule has 6 heteroatoms. The van der Waals surface area contributed by atoms with Crippen molar-refractivity contribution < 1.29 is 14.7 Å². The second-order valence-corrected chi connectivity index (χ2v) is 4.32. The lowest BCUT2D eigenvalue weighted by molar-refractivity contribution is -0.143. The van der Waals surface area contributed by atoms with Crippen LogP contribution < -0.4 is 10.6 Å². The minimum Gasteiger partial charge on any atom is -0.480 e. The van der Waals surface area contributed by atoms with E-state index in [0.717, 1.165) is 10.0 Å². The summed E-state index contributed by atoms with van der Waals surface area (Å²) in [6, 6.07) is 6.19. The highest BCUT2D eigenvalue weighted by atomic mass is 79.9. The van der Waals surface area contributed by atoms with Crippen LogP contribution in [0.3, 0.4) is 0 Å². The van der Waals surface area contributed by atoms with Crippen molar-refractivity contribution in [2.75, 3.05) is 7.05 Å². The fourth-order valence-corrected chi connectivity index (χ4v) is 1.52. The smallest absolute Gasteiger partial charge is 0.330 e. The first-order valence-electron chi connectivity index (χ1n) is 4.97. The summed E-state index contributed by atoms with van der Waals surface area (Å²) in [6.07, 6.45) is 0. The highest BCUT2D eigenvalue weighted by molar-refractivity contribution is 9.10. The van der Waals surface area contributed by atoms with E-state index in [4.69, 9.17) is 5.11 Å². The summed E-state index contributed by atoms with van der Waals surface area (Å²) >= 11 is 3.30. The number of hydrogen-bond donors (Lipinski definition) is 3. The van der Waals surface area contributed by atoms with Crippen molar-refractivity contribution in [1.29, 1.82) is 0 Å². The lowest BCUT2D eigenvalue weighted by Gasteiger charge is -2.11. The van der Waals surface area contributed by atoms with E-state index >= 15 is 0 Å². The van der Waals surface area contributed by atoms with Crippen molar-refractivity contribution in [3.63, 3.8) is 0 Å². The van der Waals surface area contributed by atoms with Crippen LogP contribution in [0, 0.1) is 0 Å². The molecule has 0 aliphatic carbocycles. The first-order valence-corrected chi connectivity index (χ1v) is 5.76. The van der Waals surface area contributed by atoms with Crippen LogP contribution in [0.15, 0.2) is 28.7 Å². The average molecular weight is 301 g/mol. The molecule has 0 bridgehead atoms. The number of likely N-dealkylation sites (N-methyl/N-ethyl adjacent to an activating group) is 1. The molecule has 5 nitrogen and oxygen atoms in total. The van der Waals surface area contributed by atoms with Crippen LogP contribution in [-0.2, 0) is 16.1 Å². The van der Waals surface area contributed by atoms with Crippen LogP contribution in [0.5, 0.6) is 0 Å². The van der Waals surface area contributed by atoms with Gasteiger partial charge < -0.3 is 10.4 Å². The first kappa shape index (κ1) is 13.7. The van der Waals surface area contributed by atoms with Crippen LogP contribution in [0.25, 0.3) is 0 Å². The highest BCUT2D eigenvalue weighted by Gasteiger charge is 2.23. The van der Waals surface area contributed by atoms with E-state index in [0.29, 0.717) is 6.54 Å². The summed E-state index contributed by atoms with van der Waals surface area (Å²) in [5, 5.41) is 13.7. The molecule has 1 unspecified atom stereocenters. The molecule has 0 aliphatic rings. The minimum atomic E-state index is -1.22. The first-order chi connectivity index (χ1) is 8.04. The summed E-state index contributed by atoms with van der Waals surface area (Å²) in [6.45, 7) is 0.303. The average Bonchev–Trinajstić information content (AvgIpc) is 2.28. The van der Waals surface area contributed by atoms with Gasteiger partial charge in [0, 0.05) is 11.0 Å². The molecular formula is C11H13BrN2O3. The number of amides is 1. The Kier molecular flexibility index (Phi) is 5.11. The molecule has 0 saturated heterocycles. The van der Waals surface area contributed by atoms with Gasteiger partial charge in [-0.1, -0.05) is 28.1 Å². The van der Waals surface area contributed by atoms with Crippen molar-refractivity contribution in [3.05, 3.63) is 34.3 Å². The zero-order valence-corrected chi connectivity index (χ0v) is 10.8. The van der Waals surface area contributed by atoms with Crippen molar-refractivity contribution >= 4 is 27.8 Å². The topological polar surface area (TPSA) is 78.4 Å². The SMILES string of the molecule is CNC(C(=O)O)C(=O)NCc1ccc(Br)cc1. The number of hydrogen-bond acceptors (Lipinski definition) is 3. The maximum atomic E-state index is 11.5. The van der Waals surface area contributed by atoms with Gasteiger partial charge in [-0.15, -0.1) is 0 Å². The fourth-order valence-electron chi connectivity index (χ4n) is 1.26. The van der Waals surface area contributed by atoms with Crippen LogP contribution in [-0.4, -0.2) is 30.1 Å². The van der Waals surface area contributed by atoms with E-state index in [1.165, 1.54) is 7.05 Å². The number of benzene rings is 1. The second kappa shape index (κ2) is 6.36. The molecule has 0 saturated carbocycles. The third-order valence-electron chi connectivity index (χ3n) is 2.18. The van der Waals surface area contributed by atoms with Crippen molar-refractivity contribution in [1.82, 2.24) is 10.6 Å². The van der Waals surface area contributed by atoms with Gasteiger partial charge in [-0.05, 0) is 24.7 Å². The third-order valence-corrected chi connectivity index (χ3v) is 2.71. The summed E-state index contributed by atoms with van der Waals surface area (Å²) in [7, 11) is 1.43. The van der Waals surface area contributed by atoms with E-state index in [-0.39, 0.29) is 0 Å². The van der Waals surface area contributed by atoms with E-state index in [1.807, 2.05) is 24.3 Å². The summed E-state index contributed by atoms with van der Waals surface area (Å²) in [5.74, 6) is -1.75. The number of nitrogens with one attached hydrogen (secondary N) is 2. The summed E-state index contributed by atoms with van der Waals surface area (Å²) in [5.41, 5.74) is 0.904. The molecule has 1 aromatic carbocycles. The number of carbonyl (C=O) groups excluding carboxylic acids is 1. The maximum Gasteiger partial charge on any atom is 0.330 e. The highest BCUT2D eigenvalue weighted by Crippen LogP contribution is 2.10. The Labute approximate surface area is 107 Å². The zero-order valence-electron chi connectivity index (χ0n) is 9.24. The van der Waals surface area contributed by atoms with Gasteiger partial charge in [0.05, 0.1) is 0 Å². The molecule has 1 amide bonds. The zero-order chi connectivity index (χ0) is 12.8. The Morgan fingerprint density at radius 1 is 1.35 bits per heavy atom. The third kappa shape index (κ3) is 4.16. The molecular weight excluding hydrogens is 288 g/mol. The van der Waals surface area contributed by atoms with Gasteiger partial charge in [0.25, 0.3) is 0 Å². The van der Waals surface area contributed by atoms with Gasteiger partial charge >= 0.3 is 5.97 Å². The molecule has 1 rings (SSSR count). The predicted octanol–water partition coefficient (Wildman–Crippen LogP) is 0.738. The molecule has 0 aromatic heterocycles. The van der Waals surface area contributed by atoms with Crippen molar-refractivity contribution in [2.45, 2.75) is 12.6 Å². The van der Waals surface area contributed by atoms with Gasteiger partial charge in [0.2, 0.25) is 5.91 Å². The lowest BCUT2D eigenvalue weighted by Crippen LogP contribution is -2.47. The van der Waals surface area contributed by atoms with Gasteiger partial charge in [-0.3, -0.25) is 10.1 Å². The normalized spacial score (nSPS) is 11.9. The Balaban J connectivity index is 2.53. The number of carboxylic acids is 1. The number of aliphatic carboxylic acids is 1. The van der Waals surface area contributed by atoms with Crippen LogP contribution in [0.4, 0.5) is 0 Å². The Hall–Kier alpha value is -1.40. The van der Waals surface area contributed by atoms with E-state index < -0.39 is 17.9 Å². The van der Waals surface area contributed by atoms with E-state index in [2.05, 4.69) is 26.6 Å². The molecule has 1 aromatic rings. The van der Waals surface area contributed by atoms with Crippen molar-refractivity contribution in [2.24, 2.45) is 0 Å². The standard InChI is InChI=1S/C11H13BrN2O3/c1-13-9(11(16)17)10(15)14-6-7-2-4-8(12)5-3-7/h2-5,9,13H,6H2,1H3,(H,14,15)(H,16,17). The molecule has 0 spiro atoms. The quantitative estimate of drug-likeness (QED) is 0.701. The minimum absolute atomic E-state index is 0.303. The monoisotopic (exact) mass is 300 g/mol. The Morgan fingerprint density at radius 3 is 2.41 bits per heavy atom. The van der Waals surface area contributed by atoms with E-state index in [9.17, 15) is 9.59 Å². The van der Waals surface area contributed by atoms with Crippen LogP contribution in [0.1, 0.15) is 5.56 Å². The number of rotatable bonds is 5. The van der Waals surface area contributed by atoms with Crippen molar-refractivity contribution in [3.8, 4) is 0 Å². The van der Waals surface area contributed by atoms with Gasteiger partial charge in [-0.25, -0.2) is 4.79 Å². The molecule has 0 fully saturated rings. The molecule has 3 N–H and O–H groups in total.